The molecule has 0 amide bonds. The average Bonchev–Trinajstić information content (AvgIpc) is 2.67. The number of unbranched alkanes of at least 4 members (excludes halogenated alkanes) is 13. The molecule has 3 heteroatoms. The highest BCUT2D eigenvalue weighted by atomic mass is 16.4. The lowest BCUT2D eigenvalue weighted by Gasteiger charge is -2.20. The third kappa shape index (κ3) is 17.3. The molecule has 0 bridgehead atoms. The van der Waals surface area contributed by atoms with E-state index < -0.39 is 5.97 Å². The van der Waals surface area contributed by atoms with Crippen molar-refractivity contribution >= 4 is 5.97 Å². The van der Waals surface area contributed by atoms with Crippen LogP contribution in [0.4, 0.5) is 0 Å². The van der Waals surface area contributed by atoms with Gasteiger partial charge < -0.3 is 10.0 Å². The van der Waals surface area contributed by atoms with Gasteiger partial charge in [0.15, 0.2) is 0 Å². The molecular weight excluding hydrogens is 334 g/mol. The SMILES string of the molecule is CCCCCCCCCCCCCCCCC(CCN(CC)CC)C(=O)O. The van der Waals surface area contributed by atoms with Crippen LogP contribution in [0.15, 0.2) is 0 Å². The molecule has 0 aliphatic carbocycles. The van der Waals surface area contributed by atoms with Crippen molar-refractivity contribution in [3.63, 3.8) is 0 Å². The van der Waals surface area contributed by atoms with Crippen molar-refractivity contribution in [1.29, 1.82) is 0 Å². The molecule has 0 radical (unpaired) electrons. The van der Waals surface area contributed by atoms with Crippen molar-refractivity contribution in [2.75, 3.05) is 19.6 Å². The number of carboxylic acids is 1. The summed E-state index contributed by atoms with van der Waals surface area (Å²) in [4.78, 5) is 13.8. The van der Waals surface area contributed by atoms with Crippen LogP contribution >= 0.6 is 0 Å². The summed E-state index contributed by atoms with van der Waals surface area (Å²) in [6, 6.07) is 0. The molecule has 0 aromatic heterocycles. The molecule has 0 heterocycles. The zero-order valence-corrected chi connectivity index (χ0v) is 18.8. The van der Waals surface area contributed by atoms with Crippen LogP contribution in [0.2, 0.25) is 0 Å². The Hall–Kier alpha value is -0.570. The number of hydrogen-bond acceptors (Lipinski definition) is 2. The standard InChI is InChI=1S/C24H49NO2/c1-4-7-8-9-10-11-12-13-14-15-16-17-18-19-20-23(24(26)27)21-22-25(5-2)6-3/h23H,4-22H2,1-3H3,(H,26,27). The van der Waals surface area contributed by atoms with E-state index in [1.807, 2.05) is 0 Å². The van der Waals surface area contributed by atoms with Gasteiger partial charge in [0.1, 0.15) is 0 Å². The fourth-order valence-corrected chi connectivity index (χ4v) is 3.85. The van der Waals surface area contributed by atoms with E-state index in [0.29, 0.717) is 0 Å². The summed E-state index contributed by atoms with van der Waals surface area (Å²) in [5.74, 6) is -0.750. The molecule has 0 aliphatic rings. The van der Waals surface area contributed by atoms with Gasteiger partial charge in [0.25, 0.3) is 0 Å². The minimum Gasteiger partial charge on any atom is -0.481 e. The van der Waals surface area contributed by atoms with Crippen LogP contribution in [0, 0.1) is 5.92 Å². The second-order valence-electron chi connectivity index (χ2n) is 8.24. The van der Waals surface area contributed by atoms with Crippen LogP contribution in [0.5, 0.6) is 0 Å². The Morgan fingerprint density at radius 2 is 1.07 bits per heavy atom. The van der Waals surface area contributed by atoms with E-state index >= 15 is 0 Å². The Labute approximate surface area is 170 Å². The first-order valence-corrected chi connectivity index (χ1v) is 12.1. The van der Waals surface area contributed by atoms with E-state index in [1.54, 1.807) is 0 Å². The number of nitrogens with zero attached hydrogens (tertiary/aromatic N) is 1. The van der Waals surface area contributed by atoms with Crippen LogP contribution in [0.25, 0.3) is 0 Å². The van der Waals surface area contributed by atoms with Crippen LogP contribution in [-0.2, 0) is 4.79 Å². The number of rotatable bonds is 21. The quantitative estimate of drug-likeness (QED) is 0.211. The van der Waals surface area contributed by atoms with Gasteiger partial charge in [-0.25, -0.2) is 0 Å². The van der Waals surface area contributed by atoms with Gasteiger partial charge in [0.2, 0.25) is 0 Å². The van der Waals surface area contributed by atoms with Crippen molar-refractivity contribution < 1.29 is 9.90 Å². The molecule has 27 heavy (non-hydrogen) atoms. The lowest BCUT2D eigenvalue weighted by atomic mass is 9.96. The molecule has 0 saturated carbocycles. The van der Waals surface area contributed by atoms with E-state index in [-0.39, 0.29) is 5.92 Å². The largest absolute Gasteiger partial charge is 0.481 e. The third-order valence-corrected chi connectivity index (χ3v) is 5.94. The van der Waals surface area contributed by atoms with Gasteiger partial charge in [-0.1, -0.05) is 111 Å². The first-order valence-electron chi connectivity index (χ1n) is 12.1. The highest BCUT2D eigenvalue weighted by Crippen LogP contribution is 2.17. The maximum absolute atomic E-state index is 11.4. The van der Waals surface area contributed by atoms with Gasteiger partial charge in [-0.15, -0.1) is 0 Å². The molecule has 0 fully saturated rings. The van der Waals surface area contributed by atoms with Gasteiger partial charge in [0.05, 0.1) is 5.92 Å². The van der Waals surface area contributed by atoms with Crippen molar-refractivity contribution in [3.8, 4) is 0 Å². The van der Waals surface area contributed by atoms with Crippen molar-refractivity contribution in [2.45, 2.75) is 124 Å². The molecule has 162 valence electrons. The maximum Gasteiger partial charge on any atom is 0.306 e. The van der Waals surface area contributed by atoms with Crippen LogP contribution in [-0.4, -0.2) is 35.6 Å². The molecule has 0 aromatic rings. The molecule has 0 rings (SSSR count). The summed E-state index contributed by atoms with van der Waals surface area (Å²) in [5.41, 5.74) is 0. The highest BCUT2D eigenvalue weighted by molar-refractivity contribution is 5.69. The van der Waals surface area contributed by atoms with E-state index in [9.17, 15) is 9.90 Å². The van der Waals surface area contributed by atoms with Gasteiger partial charge >= 0.3 is 5.97 Å². The lowest BCUT2D eigenvalue weighted by molar-refractivity contribution is -0.142. The van der Waals surface area contributed by atoms with Crippen LogP contribution in [0.3, 0.4) is 0 Å². The summed E-state index contributed by atoms with van der Waals surface area (Å²) >= 11 is 0. The first-order chi connectivity index (χ1) is 13.2. The molecule has 1 N–H and O–H groups in total. The zero-order valence-electron chi connectivity index (χ0n) is 18.8. The Bertz CT molecular complexity index is 316. The monoisotopic (exact) mass is 383 g/mol. The topological polar surface area (TPSA) is 40.5 Å². The van der Waals surface area contributed by atoms with Gasteiger partial charge in [-0.3, -0.25) is 4.79 Å². The predicted molar refractivity (Wildman–Crippen MR) is 118 cm³/mol. The molecule has 1 atom stereocenters. The van der Waals surface area contributed by atoms with E-state index in [1.165, 1.54) is 83.5 Å². The van der Waals surface area contributed by atoms with Gasteiger partial charge in [-0.2, -0.15) is 0 Å². The number of aliphatic carboxylic acids is 1. The molecule has 0 aliphatic heterocycles. The fraction of sp³-hybridized carbons (Fsp3) is 0.958. The van der Waals surface area contributed by atoms with E-state index in [0.717, 1.165) is 38.9 Å². The minimum atomic E-state index is -0.600. The first kappa shape index (κ1) is 26.4. The second-order valence-corrected chi connectivity index (χ2v) is 8.24. The predicted octanol–water partition coefficient (Wildman–Crippen LogP) is 7.29. The summed E-state index contributed by atoms with van der Waals surface area (Å²) in [5, 5.41) is 9.42. The number of carbonyl (C=O) groups is 1. The Morgan fingerprint density at radius 1 is 0.667 bits per heavy atom. The van der Waals surface area contributed by atoms with Crippen LogP contribution < -0.4 is 0 Å². The van der Waals surface area contributed by atoms with Crippen molar-refractivity contribution in [2.24, 2.45) is 5.92 Å². The maximum atomic E-state index is 11.4. The Kier molecular flexibility index (Phi) is 19.7. The molecular formula is C24H49NO2. The average molecular weight is 384 g/mol. The van der Waals surface area contributed by atoms with Crippen molar-refractivity contribution in [1.82, 2.24) is 4.90 Å². The summed E-state index contributed by atoms with van der Waals surface area (Å²) < 4.78 is 0. The minimum absolute atomic E-state index is 0.150. The number of hydrogen-bond donors (Lipinski definition) is 1. The normalized spacial score (nSPS) is 12.6. The Balaban J connectivity index is 3.46. The highest BCUT2D eigenvalue weighted by Gasteiger charge is 2.17. The molecule has 0 aromatic carbocycles. The number of carboxylic acid groups (broad SMARTS) is 1. The van der Waals surface area contributed by atoms with Crippen molar-refractivity contribution in [3.05, 3.63) is 0 Å². The Morgan fingerprint density at radius 3 is 1.44 bits per heavy atom. The molecule has 3 nitrogen and oxygen atoms in total. The molecule has 1 unspecified atom stereocenters. The van der Waals surface area contributed by atoms with Gasteiger partial charge in [-0.05, 0) is 32.5 Å². The van der Waals surface area contributed by atoms with E-state index in [2.05, 4.69) is 25.7 Å². The second kappa shape index (κ2) is 20.2. The summed E-state index contributed by atoms with van der Waals surface area (Å²) in [6.45, 7) is 9.52. The smallest absolute Gasteiger partial charge is 0.306 e. The van der Waals surface area contributed by atoms with Crippen LogP contribution in [0.1, 0.15) is 124 Å². The summed E-state index contributed by atoms with van der Waals surface area (Å²) in [6.07, 6.45) is 20.6. The lowest BCUT2D eigenvalue weighted by Crippen LogP contribution is -2.27. The van der Waals surface area contributed by atoms with E-state index in [4.69, 9.17) is 0 Å². The third-order valence-electron chi connectivity index (χ3n) is 5.94. The summed E-state index contributed by atoms with van der Waals surface area (Å²) in [7, 11) is 0. The fourth-order valence-electron chi connectivity index (χ4n) is 3.85. The zero-order chi connectivity index (χ0) is 20.2. The molecule has 0 saturated heterocycles. The van der Waals surface area contributed by atoms with Gasteiger partial charge in [0, 0.05) is 0 Å². The molecule has 0 spiro atoms.